The molecule has 2 N–H and O–H groups in total. The quantitative estimate of drug-likeness (QED) is 0.656. The molecule has 1 heterocycles. The molecule has 7 nitrogen and oxygen atoms in total. The van der Waals surface area contributed by atoms with Gasteiger partial charge in [0.25, 0.3) is 0 Å². The van der Waals surface area contributed by atoms with Crippen LogP contribution in [0.5, 0.6) is 5.75 Å². The van der Waals surface area contributed by atoms with Gasteiger partial charge < -0.3 is 10.2 Å². The van der Waals surface area contributed by atoms with Crippen LogP contribution in [0.1, 0.15) is 34.5 Å². The lowest BCUT2D eigenvalue weighted by atomic mass is 9.98. The molecule has 1 aromatic heterocycles. The summed E-state index contributed by atoms with van der Waals surface area (Å²) in [5, 5.41) is 37.9. The second-order valence-corrected chi connectivity index (χ2v) is 6.04. The van der Waals surface area contributed by atoms with Gasteiger partial charge in [0.1, 0.15) is 17.3 Å². The van der Waals surface area contributed by atoms with E-state index in [-0.39, 0.29) is 17.7 Å². The summed E-state index contributed by atoms with van der Waals surface area (Å²) in [6.07, 6.45) is -0.739. The molecule has 136 valence electrons. The first-order chi connectivity index (χ1) is 13.4. The number of nitriles is 2. The summed E-state index contributed by atoms with van der Waals surface area (Å²) in [7, 11) is 0. The number of carbonyl (C=O) groups is 2. The number of ketones is 1. The zero-order valence-electron chi connectivity index (χ0n) is 14.5. The number of hydrogen-bond acceptors (Lipinski definition) is 6. The van der Waals surface area contributed by atoms with E-state index < -0.39 is 23.9 Å². The lowest BCUT2D eigenvalue weighted by molar-refractivity contribution is -0.136. The van der Waals surface area contributed by atoms with Gasteiger partial charge in [-0.25, -0.2) is 4.98 Å². The minimum Gasteiger partial charge on any atom is -0.504 e. The van der Waals surface area contributed by atoms with E-state index in [9.17, 15) is 20.0 Å². The summed E-state index contributed by atoms with van der Waals surface area (Å²) in [5.74, 6) is -2.35. The highest BCUT2D eigenvalue weighted by molar-refractivity contribution is 6.02. The summed E-state index contributed by atoms with van der Waals surface area (Å²) in [4.78, 5) is 27.2. The molecular weight excluding hydrogens is 358 g/mol. The highest BCUT2D eigenvalue weighted by Crippen LogP contribution is 2.32. The molecule has 0 radical (unpaired) electrons. The minimum atomic E-state index is -1.14. The van der Waals surface area contributed by atoms with Gasteiger partial charge in [0.05, 0.1) is 23.6 Å². The predicted octanol–water partition coefficient (Wildman–Crippen LogP) is 3.40. The number of Topliss-reactive ketones (excluding diaryl/α,β-unsaturated/α-hetero) is 1. The van der Waals surface area contributed by atoms with Crippen molar-refractivity contribution >= 4 is 22.7 Å². The maximum atomic E-state index is 12.3. The standard InChI is InChI=1S/C21H13N3O4/c22-10-12-2-1-3-13(8-12)14-4-5-15-16(11-23)21(28)20(24-17(15)9-14)18(25)6-7-19(26)27/h1-5,8-9,28H,6-7H2,(H,26,27). The first kappa shape index (κ1) is 18.6. The van der Waals surface area contributed by atoms with Crippen LogP contribution in [0, 0.1) is 22.7 Å². The van der Waals surface area contributed by atoms with E-state index >= 15 is 0 Å². The summed E-state index contributed by atoms with van der Waals surface area (Å²) in [5.41, 5.74) is 1.85. The van der Waals surface area contributed by atoms with Crippen LogP contribution >= 0.6 is 0 Å². The van der Waals surface area contributed by atoms with Gasteiger partial charge >= 0.3 is 5.97 Å². The summed E-state index contributed by atoms with van der Waals surface area (Å²) in [6.45, 7) is 0. The number of aliphatic carboxylic acids is 1. The molecule has 2 aromatic carbocycles. The highest BCUT2D eigenvalue weighted by Gasteiger charge is 2.20. The third-order valence-corrected chi connectivity index (χ3v) is 4.23. The minimum absolute atomic E-state index is 0.0963. The van der Waals surface area contributed by atoms with Gasteiger partial charge in [0.15, 0.2) is 11.5 Å². The number of carboxylic acids is 1. The number of aromatic hydroxyl groups is 1. The van der Waals surface area contributed by atoms with Crippen molar-refractivity contribution in [2.75, 3.05) is 0 Å². The van der Waals surface area contributed by atoms with E-state index in [2.05, 4.69) is 11.1 Å². The molecule has 0 fully saturated rings. The van der Waals surface area contributed by atoms with Crippen molar-refractivity contribution in [2.24, 2.45) is 0 Å². The molecule has 28 heavy (non-hydrogen) atoms. The van der Waals surface area contributed by atoms with Crippen molar-refractivity contribution in [3.05, 3.63) is 59.3 Å². The molecular formula is C21H13N3O4. The Labute approximate surface area is 159 Å². The average molecular weight is 371 g/mol. The van der Waals surface area contributed by atoms with Crippen LogP contribution < -0.4 is 0 Å². The lowest BCUT2D eigenvalue weighted by Crippen LogP contribution is -2.07. The zero-order valence-corrected chi connectivity index (χ0v) is 14.5. The van der Waals surface area contributed by atoms with E-state index in [1.807, 2.05) is 12.1 Å². The molecule has 0 amide bonds. The number of benzene rings is 2. The van der Waals surface area contributed by atoms with Crippen molar-refractivity contribution in [1.29, 1.82) is 10.5 Å². The fourth-order valence-corrected chi connectivity index (χ4v) is 2.85. The number of nitrogens with zero attached hydrogens (tertiary/aromatic N) is 3. The van der Waals surface area contributed by atoms with Crippen LogP contribution in [0.15, 0.2) is 42.5 Å². The van der Waals surface area contributed by atoms with Gasteiger partial charge in [0, 0.05) is 11.8 Å². The van der Waals surface area contributed by atoms with Crippen LogP contribution in [-0.2, 0) is 4.79 Å². The number of rotatable bonds is 5. The van der Waals surface area contributed by atoms with Gasteiger partial charge in [-0.1, -0.05) is 24.3 Å². The van der Waals surface area contributed by atoms with Crippen LogP contribution in [0.2, 0.25) is 0 Å². The third kappa shape index (κ3) is 3.50. The van der Waals surface area contributed by atoms with Crippen molar-refractivity contribution in [3.8, 4) is 29.0 Å². The van der Waals surface area contributed by atoms with E-state index in [0.29, 0.717) is 16.5 Å². The molecule has 3 aromatic rings. The highest BCUT2D eigenvalue weighted by atomic mass is 16.4. The Morgan fingerprint density at radius 1 is 1.00 bits per heavy atom. The number of carbonyl (C=O) groups excluding carboxylic acids is 1. The zero-order chi connectivity index (χ0) is 20.3. The second kappa shape index (κ2) is 7.56. The number of carboxylic acid groups (broad SMARTS) is 1. The molecule has 0 atom stereocenters. The Bertz CT molecular complexity index is 1200. The summed E-state index contributed by atoms with van der Waals surface area (Å²) in [6, 6.07) is 15.9. The largest absolute Gasteiger partial charge is 0.504 e. The molecule has 0 aliphatic carbocycles. The van der Waals surface area contributed by atoms with Crippen molar-refractivity contribution in [1.82, 2.24) is 4.98 Å². The number of fused-ring (bicyclic) bond motifs is 1. The molecule has 0 saturated heterocycles. The number of pyridine rings is 1. The van der Waals surface area contributed by atoms with Crippen molar-refractivity contribution < 1.29 is 19.8 Å². The Balaban J connectivity index is 2.15. The average Bonchev–Trinajstić information content (AvgIpc) is 2.71. The third-order valence-electron chi connectivity index (χ3n) is 4.23. The van der Waals surface area contributed by atoms with Crippen molar-refractivity contribution in [2.45, 2.75) is 12.8 Å². The Morgan fingerprint density at radius 3 is 2.43 bits per heavy atom. The molecule has 3 rings (SSSR count). The number of hydrogen-bond donors (Lipinski definition) is 2. The first-order valence-corrected chi connectivity index (χ1v) is 8.27. The molecule has 0 unspecified atom stereocenters. The van der Waals surface area contributed by atoms with E-state index in [1.54, 1.807) is 36.4 Å². The summed E-state index contributed by atoms with van der Waals surface area (Å²) >= 11 is 0. The number of aromatic nitrogens is 1. The predicted molar refractivity (Wildman–Crippen MR) is 99.5 cm³/mol. The van der Waals surface area contributed by atoms with Crippen molar-refractivity contribution in [3.63, 3.8) is 0 Å². The Kier molecular flexibility index (Phi) is 5.01. The Hall–Kier alpha value is -4.23. The molecule has 0 aliphatic rings. The maximum absolute atomic E-state index is 12.3. The molecule has 0 spiro atoms. The van der Waals surface area contributed by atoms with Gasteiger partial charge in [-0.15, -0.1) is 0 Å². The SMILES string of the molecule is N#Cc1cccc(-c2ccc3c(C#N)c(O)c(C(=O)CCC(=O)O)nc3c2)c1. The van der Waals surface area contributed by atoms with E-state index in [0.717, 1.165) is 11.1 Å². The van der Waals surface area contributed by atoms with E-state index in [1.165, 1.54) is 0 Å². The lowest BCUT2D eigenvalue weighted by Gasteiger charge is -2.10. The van der Waals surface area contributed by atoms with Crippen LogP contribution in [0.3, 0.4) is 0 Å². The maximum Gasteiger partial charge on any atom is 0.303 e. The summed E-state index contributed by atoms with van der Waals surface area (Å²) < 4.78 is 0. The fraction of sp³-hybridized carbons (Fsp3) is 0.0952. The smallest absolute Gasteiger partial charge is 0.303 e. The van der Waals surface area contributed by atoms with E-state index in [4.69, 9.17) is 10.4 Å². The van der Waals surface area contributed by atoms with Crippen LogP contribution in [-0.4, -0.2) is 26.9 Å². The monoisotopic (exact) mass is 371 g/mol. The molecule has 0 aliphatic heterocycles. The topological polar surface area (TPSA) is 135 Å². The fourth-order valence-electron chi connectivity index (χ4n) is 2.85. The van der Waals surface area contributed by atoms with Crippen LogP contribution in [0.25, 0.3) is 22.0 Å². The van der Waals surface area contributed by atoms with Gasteiger partial charge in [-0.2, -0.15) is 10.5 Å². The van der Waals surface area contributed by atoms with Gasteiger partial charge in [0.2, 0.25) is 0 Å². The molecule has 0 saturated carbocycles. The normalized spacial score (nSPS) is 10.2. The van der Waals surface area contributed by atoms with Gasteiger partial charge in [-0.05, 0) is 29.3 Å². The molecule has 7 heteroatoms. The van der Waals surface area contributed by atoms with Crippen LogP contribution in [0.4, 0.5) is 0 Å². The van der Waals surface area contributed by atoms with Gasteiger partial charge in [-0.3, -0.25) is 9.59 Å². The Morgan fingerprint density at radius 2 is 1.75 bits per heavy atom. The first-order valence-electron chi connectivity index (χ1n) is 8.27. The second-order valence-electron chi connectivity index (χ2n) is 6.04. The molecule has 0 bridgehead atoms.